The van der Waals surface area contributed by atoms with Crippen LogP contribution in [0.15, 0.2) is 15.9 Å². The van der Waals surface area contributed by atoms with Gasteiger partial charge in [0.15, 0.2) is 0 Å². The van der Waals surface area contributed by atoms with Crippen LogP contribution in [-0.2, 0) is 16.1 Å². The number of hydrogen-bond acceptors (Lipinski definition) is 3. The number of rotatable bonds is 4. The Labute approximate surface area is 138 Å². The first-order chi connectivity index (χ1) is 9.81. The molecular weight excluding hydrogens is 352 g/mol. The predicted molar refractivity (Wildman–Crippen MR) is 88.0 cm³/mol. The molecule has 1 saturated heterocycles. The number of nitrogens with zero attached hydrogens (tertiary/aromatic N) is 1. The molecule has 2 unspecified atom stereocenters. The van der Waals surface area contributed by atoms with Gasteiger partial charge in [0.25, 0.3) is 0 Å². The first kappa shape index (κ1) is 16.5. The molecule has 2 rings (SSSR count). The second-order valence-corrected chi connectivity index (χ2v) is 7.79. The van der Waals surface area contributed by atoms with Gasteiger partial charge in [0.2, 0.25) is 11.8 Å². The van der Waals surface area contributed by atoms with Crippen LogP contribution in [0.1, 0.15) is 39.0 Å². The molecule has 1 aliphatic rings. The number of hydrogen-bond donors (Lipinski definition) is 1. The van der Waals surface area contributed by atoms with Crippen molar-refractivity contribution in [3.05, 3.63) is 20.8 Å². The van der Waals surface area contributed by atoms with Crippen LogP contribution in [0, 0.1) is 5.92 Å². The highest BCUT2D eigenvalue weighted by Gasteiger charge is 2.49. The molecule has 21 heavy (non-hydrogen) atoms. The average Bonchev–Trinajstić information content (AvgIpc) is 2.84. The molecule has 116 valence electrons. The lowest BCUT2D eigenvalue weighted by molar-refractivity contribution is -0.158. The van der Waals surface area contributed by atoms with Gasteiger partial charge in [-0.25, -0.2) is 0 Å². The van der Waals surface area contributed by atoms with Crippen molar-refractivity contribution in [1.82, 2.24) is 10.2 Å². The van der Waals surface area contributed by atoms with E-state index in [0.29, 0.717) is 13.0 Å². The zero-order chi connectivity index (χ0) is 15.8. The average molecular weight is 373 g/mol. The SMILES string of the molecule is CCC1(C)C(=O)NC(C(C)C)C(=O)N1Cc1sccc1Br. The topological polar surface area (TPSA) is 49.4 Å². The van der Waals surface area contributed by atoms with Crippen LogP contribution < -0.4 is 5.32 Å². The highest BCUT2D eigenvalue weighted by Crippen LogP contribution is 2.32. The summed E-state index contributed by atoms with van der Waals surface area (Å²) in [7, 11) is 0. The van der Waals surface area contributed by atoms with E-state index >= 15 is 0 Å². The Morgan fingerprint density at radius 2 is 2.14 bits per heavy atom. The quantitative estimate of drug-likeness (QED) is 0.882. The van der Waals surface area contributed by atoms with Gasteiger partial charge in [0, 0.05) is 9.35 Å². The molecule has 0 aliphatic carbocycles. The van der Waals surface area contributed by atoms with E-state index in [0.717, 1.165) is 9.35 Å². The third-order valence-corrected chi connectivity index (χ3v) is 6.16. The van der Waals surface area contributed by atoms with Crippen molar-refractivity contribution in [2.45, 2.75) is 52.2 Å². The molecule has 1 fully saturated rings. The maximum absolute atomic E-state index is 12.8. The van der Waals surface area contributed by atoms with Crippen LogP contribution in [0.25, 0.3) is 0 Å². The largest absolute Gasteiger partial charge is 0.342 e. The maximum Gasteiger partial charge on any atom is 0.246 e. The van der Waals surface area contributed by atoms with Gasteiger partial charge in [-0.15, -0.1) is 11.3 Å². The number of thiophene rings is 1. The monoisotopic (exact) mass is 372 g/mol. The number of halogens is 1. The lowest BCUT2D eigenvalue weighted by Crippen LogP contribution is -2.69. The molecule has 2 atom stereocenters. The molecule has 6 heteroatoms. The summed E-state index contributed by atoms with van der Waals surface area (Å²) in [6.07, 6.45) is 0.596. The fourth-order valence-corrected chi connectivity index (χ4v) is 3.99. The van der Waals surface area contributed by atoms with Crippen LogP contribution >= 0.6 is 27.3 Å². The minimum atomic E-state index is -0.786. The number of carbonyl (C=O) groups is 2. The van der Waals surface area contributed by atoms with Crippen LogP contribution in [0.5, 0.6) is 0 Å². The van der Waals surface area contributed by atoms with E-state index in [2.05, 4.69) is 21.2 Å². The fraction of sp³-hybridized carbons (Fsp3) is 0.600. The molecule has 0 aromatic carbocycles. The summed E-state index contributed by atoms with van der Waals surface area (Å²) >= 11 is 5.10. The van der Waals surface area contributed by atoms with Crippen molar-refractivity contribution < 1.29 is 9.59 Å². The van der Waals surface area contributed by atoms with Crippen LogP contribution in [0.4, 0.5) is 0 Å². The van der Waals surface area contributed by atoms with Crippen LogP contribution in [0.3, 0.4) is 0 Å². The Morgan fingerprint density at radius 3 is 2.62 bits per heavy atom. The first-order valence-corrected chi connectivity index (χ1v) is 8.82. The lowest BCUT2D eigenvalue weighted by atomic mass is 9.87. The number of amides is 2. The van der Waals surface area contributed by atoms with Crippen LogP contribution in [-0.4, -0.2) is 28.3 Å². The minimum Gasteiger partial charge on any atom is -0.342 e. The van der Waals surface area contributed by atoms with E-state index in [-0.39, 0.29) is 17.7 Å². The zero-order valence-electron chi connectivity index (χ0n) is 12.8. The molecule has 0 radical (unpaired) electrons. The second kappa shape index (κ2) is 6.08. The molecular formula is C15H21BrN2O2S. The van der Waals surface area contributed by atoms with E-state index in [4.69, 9.17) is 0 Å². The molecule has 2 amide bonds. The van der Waals surface area contributed by atoms with E-state index in [1.165, 1.54) is 0 Å². The maximum atomic E-state index is 12.8. The Balaban J connectivity index is 2.37. The number of carbonyl (C=O) groups excluding carboxylic acids is 2. The standard InChI is InChI=1S/C15H21BrN2O2S/c1-5-15(4)14(20)17-12(9(2)3)13(19)18(15)8-11-10(16)6-7-21-11/h6-7,9,12H,5,8H2,1-4H3,(H,17,20). The molecule has 0 bridgehead atoms. The molecule has 1 aromatic heterocycles. The van der Waals surface area contributed by atoms with Gasteiger partial charge in [-0.05, 0) is 46.6 Å². The zero-order valence-corrected chi connectivity index (χ0v) is 15.2. The van der Waals surface area contributed by atoms with E-state index in [9.17, 15) is 9.59 Å². The summed E-state index contributed by atoms with van der Waals surface area (Å²) in [5.74, 6) is 0.0300. The molecule has 2 heterocycles. The smallest absolute Gasteiger partial charge is 0.246 e. The van der Waals surface area contributed by atoms with Gasteiger partial charge < -0.3 is 10.2 Å². The molecule has 1 aliphatic heterocycles. The second-order valence-electron chi connectivity index (χ2n) is 5.94. The lowest BCUT2D eigenvalue weighted by Gasteiger charge is -2.46. The summed E-state index contributed by atoms with van der Waals surface area (Å²) < 4.78 is 0.992. The summed E-state index contributed by atoms with van der Waals surface area (Å²) in [6.45, 7) is 8.17. The van der Waals surface area contributed by atoms with Gasteiger partial charge in [0.1, 0.15) is 11.6 Å². The Morgan fingerprint density at radius 1 is 1.48 bits per heavy atom. The van der Waals surface area contributed by atoms with Crippen LogP contribution in [0.2, 0.25) is 0 Å². The van der Waals surface area contributed by atoms with Crippen molar-refractivity contribution >= 4 is 39.1 Å². The molecule has 1 N–H and O–H groups in total. The van der Waals surface area contributed by atoms with Crippen molar-refractivity contribution in [3.63, 3.8) is 0 Å². The van der Waals surface area contributed by atoms with Gasteiger partial charge >= 0.3 is 0 Å². The minimum absolute atomic E-state index is 0.00856. The van der Waals surface area contributed by atoms with Crippen molar-refractivity contribution in [1.29, 1.82) is 0 Å². The van der Waals surface area contributed by atoms with Gasteiger partial charge in [-0.2, -0.15) is 0 Å². The van der Waals surface area contributed by atoms with Gasteiger partial charge in [0.05, 0.1) is 6.54 Å². The molecule has 4 nitrogen and oxygen atoms in total. The Kier molecular flexibility index (Phi) is 4.78. The number of nitrogens with one attached hydrogen (secondary N) is 1. The first-order valence-electron chi connectivity index (χ1n) is 7.15. The highest BCUT2D eigenvalue weighted by molar-refractivity contribution is 9.10. The van der Waals surface area contributed by atoms with Crippen molar-refractivity contribution in [3.8, 4) is 0 Å². The molecule has 1 aromatic rings. The van der Waals surface area contributed by atoms with Crippen molar-refractivity contribution in [2.75, 3.05) is 0 Å². The third-order valence-electron chi connectivity index (χ3n) is 4.25. The van der Waals surface area contributed by atoms with E-state index in [1.807, 2.05) is 39.1 Å². The fourth-order valence-electron chi connectivity index (χ4n) is 2.53. The van der Waals surface area contributed by atoms with E-state index < -0.39 is 11.6 Å². The number of piperazine rings is 1. The van der Waals surface area contributed by atoms with E-state index in [1.54, 1.807) is 16.2 Å². The molecule has 0 spiro atoms. The summed E-state index contributed by atoms with van der Waals surface area (Å²) in [5.41, 5.74) is -0.786. The summed E-state index contributed by atoms with van der Waals surface area (Å²) in [5, 5.41) is 4.88. The predicted octanol–water partition coefficient (Wildman–Crippen LogP) is 3.16. The summed E-state index contributed by atoms with van der Waals surface area (Å²) in [4.78, 5) is 28.2. The Hall–Kier alpha value is -0.880. The third kappa shape index (κ3) is 2.88. The van der Waals surface area contributed by atoms with Gasteiger partial charge in [-0.1, -0.05) is 20.8 Å². The van der Waals surface area contributed by atoms with Gasteiger partial charge in [-0.3, -0.25) is 9.59 Å². The Bertz CT molecular complexity index is 558. The highest BCUT2D eigenvalue weighted by atomic mass is 79.9. The molecule has 0 saturated carbocycles. The normalized spacial score (nSPS) is 26.4. The van der Waals surface area contributed by atoms with Crippen molar-refractivity contribution in [2.24, 2.45) is 5.92 Å². The summed E-state index contributed by atoms with van der Waals surface area (Å²) in [6, 6.07) is 1.54.